The molecule has 2 aliphatic carbocycles. The number of ether oxygens (including phenoxy) is 4. The molecule has 5 aliphatic rings. The van der Waals surface area contributed by atoms with E-state index in [0.29, 0.717) is 23.8 Å². The summed E-state index contributed by atoms with van der Waals surface area (Å²) < 4.78 is 24.4. The van der Waals surface area contributed by atoms with E-state index in [4.69, 9.17) is 24.7 Å². The average molecular weight is 689 g/mol. The lowest BCUT2D eigenvalue weighted by Gasteiger charge is -2.39. The number of carbonyl (C=O) groups is 1. The van der Waals surface area contributed by atoms with Crippen LogP contribution in [-0.2, 0) is 27.8 Å². The van der Waals surface area contributed by atoms with Gasteiger partial charge in [-0.25, -0.2) is 0 Å². The summed E-state index contributed by atoms with van der Waals surface area (Å²) >= 11 is 0. The van der Waals surface area contributed by atoms with Crippen molar-refractivity contribution in [1.82, 2.24) is 5.32 Å². The number of nitrogens with two attached hydrogens (primary N) is 1. The number of allylic oxidation sites excluding steroid dienone is 3. The van der Waals surface area contributed by atoms with Gasteiger partial charge in [-0.1, -0.05) is 31.1 Å². The van der Waals surface area contributed by atoms with Crippen LogP contribution in [0.5, 0.6) is 28.7 Å². The maximum atomic E-state index is 12.2. The van der Waals surface area contributed by atoms with Crippen molar-refractivity contribution in [3.05, 3.63) is 87.1 Å². The first-order valence-corrected chi connectivity index (χ1v) is 17.8. The van der Waals surface area contributed by atoms with Gasteiger partial charge in [0.2, 0.25) is 0 Å². The van der Waals surface area contributed by atoms with Crippen molar-refractivity contribution >= 4 is 5.97 Å². The number of nitrogens with one attached hydrogen (secondary N) is 1. The maximum Gasteiger partial charge on any atom is 0.302 e. The van der Waals surface area contributed by atoms with Crippen LogP contribution in [0, 0.1) is 17.8 Å². The number of hydrogen-bond donors (Lipinski definition) is 4. The largest absolute Gasteiger partial charge is 0.508 e. The Morgan fingerprint density at radius 2 is 1.92 bits per heavy atom. The second-order valence-electron chi connectivity index (χ2n) is 14.6. The molecule has 5 N–H and O–H groups in total. The number of methoxy groups -OCH3 is 2. The van der Waals surface area contributed by atoms with E-state index in [1.807, 2.05) is 12.1 Å². The molecule has 1 unspecified atom stereocenters. The van der Waals surface area contributed by atoms with Crippen molar-refractivity contribution in [2.24, 2.45) is 11.7 Å². The zero-order valence-electron chi connectivity index (χ0n) is 29.5. The Balaban J connectivity index is 1.39. The number of phenolic OH excluding ortho intramolecular Hbond substituents is 2. The molecule has 3 aromatic rings. The predicted molar refractivity (Wildman–Crippen MR) is 193 cm³/mol. The van der Waals surface area contributed by atoms with Crippen LogP contribution in [0.25, 0.3) is 11.1 Å². The highest BCUT2D eigenvalue weighted by molar-refractivity contribution is 5.84. The summed E-state index contributed by atoms with van der Waals surface area (Å²) in [5, 5.41) is 25.3. The van der Waals surface area contributed by atoms with E-state index in [-0.39, 0.29) is 41.6 Å². The molecule has 0 radical (unpaired) electrons. The highest BCUT2D eigenvalue weighted by Crippen LogP contribution is 2.62. The smallest absolute Gasteiger partial charge is 0.302 e. The lowest BCUT2D eigenvalue weighted by molar-refractivity contribution is -0.141. The summed E-state index contributed by atoms with van der Waals surface area (Å²) in [6.45, 7) is 3.66. The Morgan fingerprint density at radius 1 is 1.10 bits per heavy atom. The molecule has 0 amide bonds. The molecule has 264 valence electrons. The van der Waals surface area contributed by atoms with Crippen molar-refractivity contribution in [3.63, 3.8) is 0 Å². The Kier molecular flexibility index (Phi) is 8.18. The molecule has 5 atom stereocenters. The summed E-state index contributed by atoms with van der Waals surface area (Å²) in [6, 6.07) is 11.3. The second-order valence-corrected chi connectivity index (χ2v) is 14.6. The molecule has 3 aliphatic heterocycles. The van der Waals surface area contributed by atoms with Gasteiger partial charge in [-0.2, -0.15) is 0 Å². The van der Waals surface area contributed by atoms with Crippen LogP contribution in [0.15, 0.2) is 59.3 Å². The van der Waals surface area contributed by atoms with Gasteiger partial charge in [0, 0.05) is 47.1 Å². The third-order valence-corrected chi connectivity index (χ3v) is 11.6. The molecule has 1 saturated carbocycles. The highest BCUT2D eigenvalue weighted by Gasteiger charge is 2.51. The van der Waals surface area contributed by atoms with Crippen molar-refractivity contribution in [1.29, 1.82) is 0 Å². The van der Waals surface area contributed by atoms with Crippen molar-refractivity contribution in [2.75, 3.05) is 20.8 Å². The minimum Gasteiger partial charge on any atom is -0.508 e. The number of hydrogen-bond acceptors (Lipinski definition) is 9. The van der Waals surface area contributed by atoms with E-state index in [1.165, 1.54) is 19.6 Å². The van der Waals surface area contributed by atoms with E-state index in [9.17, 15) is 15.0 Å². The van der Waals surface area contributed by atoms with E-state index in [1.54, 1.807) is 19.2 Å². The van der Waals surface area contributed by atoms with Crippen molar-refractivity contribution in [2.45, 2.75) is 82.4 Å². The van der Waals surface area contributed by atoms with E-state index in [2.05, 4.69) is 42.3 Å². The minimum atomic E-state index is -0.550. The van der Waals surface area contributed by atoms with Crippen LogP contribution < -0.4 is 25.3 Å². The summed E-state index contributed by atoms with van der Waals surface area (Å²) in [5.41, 5.74) is 16.2. The third kappa shape index (κ3) is 5.48. The molecule has 8 rings (SSSR count). The Labute approximate surface area is 298 Å². The number of fused-ring (bicyclic) bond motifs is 6. The van der Waals surface area contributed by atoms with Gasteiger partial charge in [0.25, 0.3) is 0 Å². The first-order valence-electron chi connectivity index (χ1n) is 17.8. The van der Waals surface area contributed by atoms with Gasteiger partial charge in [-0.15, -0.1) is 0 Å². The normalized spacial score (nSPS) is 25.3. The number of esters is 1. The Bertz CT molecular complexity index is 2090. The average Bonchev–Trinajstić information content (AvgIpc) is 3.68. The molecule has 51 heavy (non-hydrogen) atoms. The number of benzene rings is 3. The minimum absolute atomic E-state index is 0.0110. The van der Waals surface area contributed by atoms with Gasteiger partial charge < -0.3 is 40.2 Å². The molecule has 9 heteroatoms. The monoisotopic (exact) mass is 688 g/mol. The molecule has 3 heterocycles. The molecule has 9 nitrogen and oxygen atoms in total. The van der Waals surface area contributed by atoms with Crippen molar-refractivity contribution < 1.29 is 34.0 Å². The summed E-state index contributed by atoms with van der Waals surface area (Å²) in [5.74, 6) is 8.42. The zero-order valence-corrected chi connectivity index (χ0v) is 29.5. The van der Waals surface area contributed by atoms with Gasteiger partial charge in [-0.3, -0.25) is 4.79 Å². The number of dihydropyridines is 1. The van der Waals surface area contributed by atoms with Crippen LogP contribution in [0.3, 0.4) is 0 Å². The molecular weight excluding hydrogens is 644 g/mol. The summed E-state index contributed by atoms with van der Waals surface area (Å²) in [4.78, 5) is 12.2. The fourth-order valence-corrected chi connectivity index (χ4v) is 9.38. The van der Waals surface area contributed by atoms with Crippen LogP contribution in [0.4, 0.5) is 0 Å². The van der Waals surface area contributed by atoms with Crippen molar-refractivity contribution in [3.8, 4) is 51.7 Å². The molecule has 1 fully saturated rings. The molecule has 1 spiro atoms. The Hall–Kier alpha value is -5.07. The molecule has 0 saturated heterocycles. The first kappa shape index (κ1) is 33.1. The highest BCUT2D eigenvalue weighted by atomic mass is 16.5. The zero-order chi connectivity index (χ0) is 35.6. The quantitative estimate of drug-likeness (QED) is 0.173. The lowest BCUT2D eigenvalue weighted by Crippen LogP contribution is -2.41. The van der Waals surface area contributed by atoms with Crippen LogP contribution in [-0.4, -0.2) is 43.2 Å². The van der Waals surface area contributed by atoms with E-state index < -0.39 is 6.10 Å². The molecule has 4 bridgehead atoms. The van der Waals surface area contributed by atoms with Crippen LogP contribution in [0.2, 0.25) is 0 Å². The van der Waals surface area contributed by atoms with Gasteiger partial charge >= 0.3 is 5.97 Å². The van der Waals surface area contributed by atoms with Crippen LogP contribution in [0.1, 0.15) is 85.8 Å². The topological polar surface area (TPSA) is 133 Å². The molecule has 0 aromatic heterocycles. The number of aromatic hydroxyl groups is 2. The van der Waals surface area contributed by atoms with Gasteiger partial charge in [0.1, 0.15) is 30.0 Å². The van der Waals surface area contributed by atoms with Gasteiger partial charge in [0.05, 0.1) is 32.0 Å². The summed E-state index contributed by atoms with van der Waals surface area (Å²) in [6.07, 6.45) is 7.00. The number of rotatable bonds is 5. The van der Waals surface area contributed by atoms with E-state index in [0.717, 1.165) is 94.5 Å². The predicted octanol–water partition coefficient (Wildman–Crippen LogP) is 6.58. The Morgan fingerprint density at radius 3 is 2.69 bits per heavy atom. The van der Waals surface area contributed by atoms with Gasteiger partial charge in [-0.05, 0) is 96.4 Å². The standard InChI is InChI=1S/C42H44N2O7/c1-5-24-14-26-13-23-11-12-42(19-23)20-27-15-28(46)17-36(49-4)37(27)30-10-9-29-32(21-50-22(2)45)39(51-40(29)38(30)42)31-18-35(48-3)34(47)16-25(31)7-6-8-33(26)44-41(24)43/h9-10,14-18,23,32,39,41,44,46-47H,5,7,11-13,19-21,43H2,1-4H3/t23-,32-,39+,41?,42-/m0/s1. The SMILES string of the molecule is CCC1=CC2=C(C#CCc3cc(O)c(OC)cc3[C@H]3Oc4c(ccc5c4[C@]4(CC[C@@H](C2)C4)Cc2cc(O)cc(OC)c2-5)[C@@H]3COC(C)=O)NC1N. The first-order chi connectivity index (χ1) is 24.6. The third-order valence-electron chi connectivity index (χ3n) is 11.6. The number of phenols is 2. The fraction of sp³-hybridized carbons (Fsp3) is 0.405. The van der Waals surface area contributed by atoms with Crippen LogP contribution >= 0.6 is 0 Å². The molecular formula is C42H44N2O7. The second kappa shape index (κ2) is 12.6. The summed E-state index contributed by atoms with van der Waals surface area (Å²) in [7, 11) is 3.16. The fourth-order valence-electron chi connectivity index (χ4n) is 9.38. The number of carbonyl (C=O) groups excluding carboxylic acids is 1. The molecule has 3 aromatic carbocycles. The van der Waals surface area contributed by atoms with E-state index >= 15 is 0 Å². The maximum absolute atomic E-state index is 12.2. The lowest BCUT2D eigenvalue weighted by atomic mass is 9.65. The van der Waals surface area contributed by atoms with Gasteiger partial charge in [0.15, 0.2) is 11.5 Å².